The molecule has 1 aromatic heterocycles. The first kappa shape index (κ1) is 54.6. The fraction of sp³-hybridized carbons (Fsp3) is 0.429. The third kappa shape index (κ3) is 16.9. The molecule has 64 heavy (non-hydrogen) atoms. The summed E-state index contributed by atoms with van der Waals surface area (Å²) >= 11 is 17.3. The zero-order valence-corrected chi connectivity index (χ0v) is 38.9. The molecule has 2 atom stereocenters. The Labute approximate surface area is 384 Å². The number of carbonyl (C=O) groups excluding carboxylic acids is 3. The number of nitro benzene ring substituents is 1. The van der Waals surface area contributed by atoms with Crippen LogP contribution in [0.25, 0.3) is 0 Å². The van der Waals surface area contributed by atoms with Crippen molar-refractivity contribution < 1.29 is 51.4 Å². The van der Waals surface area contributed by atoms with E-state index in [0.29, 0.717) is 24.6 Å². The van der Waals surface area contributed by atoms with Gasteiger partial charge in [0.15, 0.2) is 6.10 Å². The van der Waals surface area contributed by atoms with Gasteiger partial charge >= 0.3 is 18.1 Å². The third-order valence-corrected chi connectivity index (χ3v) is 9.00. The van der Waals surface area contributed by atoms with Crippen LogP contribution in [0.5, 0.6) is 11.5 Å². The molecule has 0 fully saturated rings. The van der Waals surface area contributed by atoms with Gasteiger partial charge in [-0.3, -0.25) is 14.9 Å². The Morgan fingerprint density at radius 3 is 2.17 bits per heavy atom. The number of methoxy groups -OCH3 is 1. The summed E-state index contributed by atoms with van der Waals surface area (Å²) in [7, 11) is 1.64. The predicted molar refractivity (Wildman–Crippen MR) is 239 cm³/mol. The number of halogens is 6. The fourth-order valence-corrected chi connectivity index (χ4v) is 6.06. The van der Waals surface area contributed by atoms with Crippen molar-refractivity contribution in [1.82, 2.24) is 15.0 Å². The largest absolute Gasteiger partial charge is 0.463 e. The predicted octanol–water partition coefficient (Wildman–Crippen LogP) is 10.1. The Morgan fingerprint density at radius 2 is 1.62 bits per heavy atom. The number of amides is 1. The maximum atomic E-state index is 12.8. The van der Waals surface area contributed by atoms with Crippen LogP contribution in [0.15, 0.2) is 54.6 Å². The van der Waals surface area contributed by atoms with Crippen molar-refractivity contribution in [3.63, 3.8) is 0 Å². The van der Waals surface area contributed by atoms with E-state index in [4.69, 9.17) is 53.8 Å². The van der Waals surface area contributed by atoms with Crippen LogP contribution in [0, 0.1) is 17.0 Å². The van der Waals surface area contributed by atoms with Crippen LogP contribution >= 0.6 is 34.8 Å². The van der Waals surface area contributed by atoms with E-state index in [1.54, 1.807) is 18.9 Å². The first-order valence-corrected chi connectivity index (χ1v) is 21.0. The minimum atomic E-state index is -4.61. The van der Waals surface area contributed by atoms with E-state index in [9.17, 15) is 37.7 Å². The summed E-state index contributed by atoms with van der Waals surface area (Å²) in [6.45, 7) is 16.1. The van der Waals surface area contributed by atoms with E-state index in [1.165, 1.54) is 6.92 Å². The van der Waals surface area contributed by atoms with Crippen molar-refractivity contribution in [3.8, 4) is 11.5 Å². The van der Waals surface area contributed by atoms with E-state index < -0.39 is 46.0 Å². The quantitative estimate of drug-likeness (QED) is 0.0439. The molecule has 1 amide bonds. The zero-order chi connectivity index (χ0) is 48.3. The molecule has 4 rings (SSSR count). The molecular weight excluding hydrogens is 910 g/mol. The average Bonchev–Trinajstić information content (AvgIpc) is 3.22. The van der Waals surface area contributed by atoms with E-state index in [-0.39, 0.29) is 52.3 Å². The Morgan fingerprint density at radius 1 is 0.953 bits per heavy atom. The van der Waals surface area contributed by atoms with Gasteiger partial charge in [-0.05, 0) is 102 Å². The molecule has 3 aromatic carbocycles. The van der Waals surface area contributed by atoms with Crippen molar-refractivity contribution in [2.24, 2.45) is 0 Å². The van der Waals surface area contributed by atoms with Gasteiger partial charge in [0.05, 0.1) is 40.5 Å². The number of nitrogens with zero attached hydrogens (tertiary/aromatic N) is 5. The average molecular weight is 961 g/mol. The summed E-state index contributed by atoms with van der Waals surface area (Å²) in [5.74, 6) is -1.47. The molecule has 0 aliphatic carbocycles. The molecule has 0 radical (unpaired) electrons. The first-order chi connectivity index (χ1) is 30.1. The van der Waals surface area contributed by atoms with Gasteiger partial charge in [0.25, 0.3) is 5.69 Å². The topological polar surface area (TPSA) is 197 Å². The molecule has 1 heterocycles. The maximum Gasteiger partial charge on any atom is 0.416 e. The molecule has 0 saturated heterocycles. The second-order valence-corrected chi connectivity index (χ2v) is 14.7. The number of nitro groups is 1. The van der Waals surface area contributed by atoms with Gasteiger partial charge in [-0.25, -0.2) is 9.59 Å². The highest BCUT2D eigenvalue weighted by Gasteiger charge is 2.32. The minimum Gasteiger partial charge on any atom is -0.463 e. The number of benzene rings is 3. The summed E-state index contributed by atoms with van der Waals surface area (Å²) in [5.41, 5.74) is 1.04. The zero-order valence-electron chi connectivity index (χ0n) is 36.6. The van der Waals surface area contributed by atoms with Crippen molar-refractivity contribution in [2.75, 3.05) is 48.3 Å². The molecule has 0 saturated carbocycles. The molecule has 0 aliphatic heterocycles. The van der Waals surface area contributed by atoms with Gasteiger partial charge in [-0.15, -0.1) is 11.6 Å². The van der Waals surface area contributed by atoms with Crippen LogP contribution in [0.3, 0.4) is 0 Å². The van der Waals surface area contributed by atoms with E-state index in [2.05, 4.69) is 38.6 Å². The van der Waals surface area contributed by atoms with Crippen LogP contribution in [-0.4, -0.2) is 88.7 Å². The summed E-state index contributed by atoms with van der Waals surface area (Å²) in [6.07, 6.45) is -5.06. The molecular formula is C42H51Cl3F3N7O9. The van der Waals surface area contributed by atoms with Crippen molar-refractivity contribution in [3.05, 3.63) is 97.3 Å². The molecule has 350 valence electrons. The van der Waals surface area contributed by atoms with Crippen LogP contribution in [0.2, 0.25) is 10.3 Å². The highest BCUT2D eigenvalue weighted by atomic mass is 35.5. The first-order valence-electron chi connectivity index (χ1n) is 19.7. The monoisotopic (exact) mass is 959 g/mol. The molecule has 22 heteroatoms. The number of para-hydroxylation sites is 1. The minimum absolute atomic E-state index is 0.0223. The second-order valence-electron chi connectivity index (χ2n) is 13.7. The van der Waals surface area contributed by atoms with Crippen LogP contribution < -0.4 is 20.3 Å². The van der Waals surface area contributed by atoms with Crippen LogP contribution in [0.4, 0.5) is 36.4 Å². The number of hydrogen-bond acceptors (Lipinski definition) is 14. The lowest BCUT2D eigenvalue weighted by Gasteiger charge is -2.31. The Bertz CT molecular complexity index is 2200. The van der Waals surface area contributed by atoms with Crippen LogP contribution in [0.1, 0.15) is 75.5 Å². The molecule has 2 unspecified atom stereocenters. The number of alkyl halides is 4. The second kappa shape index (κ2) is 26.3. The molecule has 0 aliphatic rings. The number of aryl methyl sites for hydroxylation is 2. The highest BCUT2D eigenvalue weighted by Crippen LogP contribution is 2.37. The fourth-order valence-electron chi connectivity index (χ4n) is 5.55. The number of aromatic nitrogens is 3. The molecule has 2 N–H and O–H groups in total. The maximum absolute atomic E-state index is 12.8. The number of rotatable bonds is 17. The molecule has 0 bridgehead atoms. The standard InChI is InChI=1S/C19H15ClF3NO7.C15H22ClNO2.C8H14ClN5/c1-3-29-17(25)10(2)30-18(26)13-9-12(5-6-15(13)24(27)28)31-16-7-4-11(8-14(16)20)19(21,22)23;1-5-13-8-6-7-11(2)15(13)17(14(18)9-16)12(3)10-19-4;1-4-10-7-12-6(9)13-8(14-7)11-5(2)3/h4-10H,3H2,1-2H3;6-8,12H,5,9-10H2,1-4H3;5H,4H2,1-3H3,(H2,10,11,12,13,14). The Hall–Kier alpha value is -5.50. The van der Waals surface area contributed by atoms with E-state index in [1.807, 2.05) is 46.8 Å². The summed E-state index contributed by atoms with van der Waals surface area (Å²) in [4.78, 5) is 60.4. The number of nitrogens with one attached hydrogen (secondary N) is 2. The highest BCUT2D eigenvalue weighted by molar-refractivity contribution is 6.32. The van der Waals surface area contributed by atoms with Crippen molar-refractivity contribution >= 4 is 75.9 Å². The summed E-state index contributed by atoms with van der Waals surface area (Å²) in [6, 6.07) is 11.7. The van der Waals surface area contributed by atoms with Crippen molar-refractivity contribution in [2.45, 2.75) is 86.2 Å². The number of esters is 2. The lowest BCUT2D eigenvalue weighted by Crippen LogP contribution is -2.43. The van der Waals surface area contributed by atoms with Crippen LogP contribution in [-0.2, 0) is 36.4 Å². The summed E-state index contributed by atoms with van der Waals surface area (Å²) < 4.78 is 58.4. The van der Waals surface area contributed by atoms with E-state index >= 15 is 0 Å². The van der Waals surface area contributed by atoms with Gasteiger partial charge in [0, 0.05) is 31.8 Å². The van der Waals surface area contributed by atoms with Gasteiger partial charge < -0.3 is 34.5 Å². The SMILES string of the molecule is CCNc1nc(Cl)nc(NC(C)C)n1.CCOC(=O)C(C)OC(=O)c1cc(Oc2ccc(C(F)(F)F)cc2Cl)ccc1[N+](=O)[O-].CCc1cccc(C)c1N(C(=O)CCl)C(C)COC. The Kier molecular flexibility index (Phi) is 22.5. The number of carbonyl (C=O) groups is 3. The number of anilines is 3. The van der Waals surface area contributed by atoms with Gasteiger partial charge in [0.1, 0.15) is 22.9 Å². The molecule has 0 spiro atoms. The third-order valence-electron chi connectivity index (χ3n) is 8.31. The lowest BCUT2D eigenvalue weighted by molar-refractivity contribution is -0.385. The molecule has 16 nitrogen and oxygen atoms in total. The molecule has 4 aromatic rings. The van der Waals surface area contributed by atoms with E-state index in [0.717, 1.165) is 60.1 Å². The van der Waals surface area contributed by atoms with Gasteiger partial charge in [-0.1, -0.05) is 36.7 Å². The lowest BCUT2D eigenvalue weighted by atomic mass is 10.0. The van der Waals surface area contributed by atoms with Gasteiger partial charge in [0.2, 0.25) is 23.1 Å². The van der Waals surface area contributed by atoms with Crippen molar-refractivity contribution in [1.29, 1.82) is 0 Å². The smallest absolute Gasteiger partial charge is 0.416 e. The van der Waals surface area contributed by atoms with Gasteiger partial charge in [-0.2, -0.15) is 28.1 Å². The normalized spacial score (nSPS) is 11.8. The Balaban J connectivity index is 0.000000362. The number of ether oxygens (including phenoxy) is 4. The summed E-state index contributed by atoms with van der Waals surface area (Å²) in [5, 5.41) is 17.1. The number of hydrogen-bond donors (Lipinski definition) is 2.